The van der Waals surface area contributed by atoms with E-state index in [1.165, 1.54) is 135 Å². The molecule has 4 N–H and O–H groups in total. The summed E-state index contributed by atoms with van der Waals surface area (Å²) in [6.07, 6.45) is 39.9. The van der Waals surface area contributed by atoms with Crippen LogP contribution in [0.1, 0.15) is 219 Å². The predicted octanol–water partition coefficient (Wildman–Crippen LogP) is 12.1. The number of phosphoric ester groups is 1. The van der Waals surface area contributed by atoms with Crippen molar-refractivity contribution < 1.29 is 47.5 Å². The highest BCUT2D eigenvalue weighted by molar-refractivity contribution is 7.47. The molecule has 12 heteroatoms. The first kappa shape index (κ1) is 54.2. The first-order chi connectivity index (χ1) is 27.1. The van der Waals surface area contributed by atoms with Crippen LogP contribution in [0.2, 0.25) is 0 Å². The number of carbonyl (C=O) groups is 3. The number of carbonyl (C=O) groups excluding carboxylic acids is 2. The monoisotopic (exact) mass is 818 g/mol. The Hall–Kier alpha value is -1.78. The molecule has 0 spiro atoms. The van der Waals surface area contributed by atoms with Gasteiger partial charge in [-0.05, 0) is 38.5 Å². The molecule has 3 atom stereocenters. The van der Waals surface area contributed by atoms with Crippen molar-refractivity contribution in [2.45, 2.75) is 231 Å². The number of nitrogens with two attached hydrogens (primary N) is 1. The van der Waals surface area contributed by atoms with Crippen molar-refractivity contribution in [3.8, 4) is 0 Å². The third kappa shape index (κ3) is 39.1. The fraction of sp³-hybridized carbons (Fsp3) is 0.886. The molecule has 0 radical (unpaired) electrons. The van der Waals surface area contributed by atoms with Crippen LogP contribution in [0.5, 0.6) is 0 Å². The maximum Gasteiger partial charge on any atom is 0.472 e. The van der Waals surface area contributed by atoms with Gasteiger partial charge in [-0.1, -0.05) is 180 Å². The van der Waals surface area contributed by atoms with E-state index in [1.807, 2.05) is 0 Å². The van der Waals surface area contributed by atoms with Crippen LogP contribution in [0.3, 0.4) is 0 Å². The number of ether oxygens (including phenoxy) is 2. The van der Waals surface area contributed by atoms with Gasteiger partial charge in [0.1, 0.15) is 12.6 Å². The largest absolute Gasteiger partial charge is 0.480 e. The molecule has 0 aliphatic heterocycles. The summed E-state index contributed by atoms with van der Waals surface area (Å²) in [4.78, 5) is 46.0. The van der Waals surface area contributed by atoms with Crippen molar-refractivity contribution in [2.24, 2.45) is 5.73 Å². The highest BCUT2D eigenvalue weighted by Gasteiger charge is 2.28. The quantitative estimate of drug-likeness (QED) is 0.0231. The van der Waals surface area contributed by atoms with Gasteiger partial charge in [-0.3, -0.25) is 23.4 Å². The summed E-state index contributed by atoms with van der Waals surface area (Å²) in [5.74, 6) is -2.38. The van der Waals surface area contributed by atoms with E-state index in [2.05, 4.69) is 30.5 Å². The smallest absolute Gasteiger partial charge is 0.472 e. The predicted molar refractivity (Wildman–Crippen MR) is 226 cm³/mol. The van der Waals surface area contributed by atoms with Crippen LogP contribution in [-0.2, 0) is 37.5 Å². The van der Waals surface area contributed by atoms with Crippen molar-refractivity contribution in [3.05, 3.63) is 12.2 Å². The molecule has 0 aromatic heterocycles. The standard InChI is InChI=1S/C44H84NO10P/c1-3-5-7-9-11-13-15-17-19-20-22-23-25-27-29-31-33-35-42(46)52-37-40(38-53-56(50,51)54-39-41(45)44(48)49)55-43(47)36-34-32-30-28-26-24-21-18-16-14-12-10-8-6-4-2/h24,26,40-41H,3-23,25,27-39,45H2,1-2H3,(H,48,49)(H,50,51)/b26-24+/t40-,41+/m1/s1. The first-order valence-electron chi connectivity index (χ1n) is 22.7. The summed E-state index contributed by atoms with van der Waals surface area (Å²) in [6.45, 7) is 2.81. The van der Waals surface area contributed by atoms with Gasteiger partial charge < -0.3 is 25.2 Å². The lowest BCUT2D eigenvalue weighted by Gasteiger charge is -2.20. The number of rotatable bonds is 43. The maximum absolute atomic E-state index is 12.6. The van der Waals surface area contributed by atoms with Gasteiger partial charge in [0, 0.05) is 12.8 Å². The van der Waals surface area contributed by atoms with E-state index in [9.17, 15) is 23.8 Å². The van der Waals surface area contributed by atoms with Crippen molar-refractivity contribution in [3.63, 3.8) is 0 Å². The highest BCUT2D eigenvalue weighted by Crippen LogP contribution is 2.43. The normalized spacial score (nSPS) is 13.8. The molecule has 0 rings (SSSR count). The number of hydrogen-bond acceptors (Lipinski definition) is 9. The van der Waals surface area contributed by atoms with E-state index in [1.54, 1.807) is 0 Å². The molecule has 56 heavy (non-hydrogen) atoms. The zero-order valence-electron chi connectivity index (χ0n) is 35.7. The summed E-state index contributed by atoms with van der Waals surface area (Å²) in [5, 5.41) is 8.89. The minimum Gasteiger partial charge on any atom is -0.480 e. The van der Waals surface area contributed by atoms with E-state index in [0.717, 1.165) is 44.9 Å². The zero-order chi connectivity index (χ0) is 41.4. The Kier molecular flexibility index (Phi) is 38.7. The van der Waals surface area contributed by atoms with E-state index < -0.39 is 51.1 Å². The molecule has 1 unspecified atom stereocenters. The lowest BCUT2D eigenvalue weighted by atomic mass is 10.0. The molecule has 0 heterocycles. The van der Waals surface area contributed by atoms with Gasteiger partial charge in [0.25, 0.3) is 0 Å². The number of carboxylic acid groups (broad SMARTS) is 1. The number of esters is 2. The Morgan fingerprint density at radius 2 is 0.893 bits per heavy atom. The Morgan fingerprint density at radius 1 is 0.536 bits per heavy atom. The van der Waals surface area contributed by atoms with Crippen LogP contribution in [0.4, 0.5) is 0 Å². The van der Waals surface area contributed by atoms with Gasteiger partial charge in [-0.15, -0.1) is 0 Å². The maximum atomic E-state index is 12.6. The molecule has 0 amide bonds. The van der Waals surface area contributed by atoms with Gasteiger partial charge in [-0.25, -0.2) is 4.57 Å². The summed E-state index contributed by atoms with van der Waals surface area (Å²) in [6, 6.07) is -1.52. The molecule has 0 aromatic rings. The van der Waals surface area contributed by atoms with Crippen LogP contribution in [0, 0.1) is 0 Å². The second-order valence-electron chi connectivity index (χ2n) is 15.5. The summed E-state index contributed by atoms with van der Waals surface area (Å²) in [7, 11) is -4.71. The first-order valence-corrected chi connectivity index (χ1v) is 24.2. The van der Waals surface area contributed by atoms with Crippen molar-refractivity contribution >= 4 is 25.7 Å². The summed E-state index contributed by atoms with van der Waals surface area (Å²) < 4.78 is 32.7. The third-order valence-corrected chi connectivity index (χ3v) is 11.0. The highest BCUT2D eigenvalue weighted by atomic mass is 31.2. The summed E-state index contributed by atoms with van der Waals surface area (Å²) >= 11 is 0. The van der Waals surface area contributed by atoms with Crippen LogP contribution in [0.15, 0.2) is 12.2 Å². The SMILES string of the molecule is CCCCCCCCCC/C=C/CCCCCC(=O)O[C@H](COC(=O)CCCCCCCCCCCCCCCCCCC)COP(=O)(O)OC[C@H](N)C(=O)O. The average Bonchev–Trinajstić information content (AvgIpc) is 3.17. The fourth-order valence-electron chi connectivity index (χ4n) is 6.41. The molecule has 0 bridgehead atoms. The molecule has 330 valence electrons. The van der Waals surface area contributed by atoms with Crippen LogP contribution < -0.4 is 5.73 Å². The van der Waals surface area contributed by atoms with Crippen molar-refractivity contribution in [1.82, 2.24) is 0 Å². The molecule has 0 aliphatic carbocycles. The number of unbranched alkanes of at least 4 members (excludes halogenated alkanes) is 27. The van der Waals surface area contributed by atoms with Crippen LogP contribution >= 0.6 is 7.82 Å². The van der Waals surface area contributed by atoms with E-state index in [0.29, 0.717) is 12.8 Å². The molecule has 0 saturated heterocycles. The number of hydrogen-bond donors (Lipinski definition) is 3. The second-order valence-corrected chi connectivity index (χ2v) is 17.0. The lowest BCUT2D eigenvalue weighted by Crippen LogP contribution is -2.34. The van der Waals surface area contributed by atoms with Crippen LogP contribution in [0.25, 0.3) is 0 Å². The second kappa shape index (κ2) is 40.0. The molecular weight excluding hydrogens is 733 g/mol. The molecular formula is C44H84NO10P. The Morgan fingerprint density at radius 3 is 1.32 bits per heavy atom. The lowest BCUT2D eigenvalue weighted by molar-refractivity contribution is -0.161. The fourth-order valence-corrected chi connectivity index (χ4v) is 7.19. The summed E-state index contributed by atoms with van der Waals surface area (Å²) in [5.41, 5.74) is 5.33. The molecule has 0 fully saturated rings. The Balaban J connectivity index is 4.32. The topological polar surface area (TPSA) is 172 Å². The number of carboxylic acids is 1. The van der Waals surface area contributed by atoms with Gasteiger partial charge in [0.2, 0.25) is 0 Å². The minimum atomic E-state index is -4.71. The zero-order valence-corrected chi connectivity index (χ0v) is 36.6. The third-order valence-electron chi connectivity index (χ3n) is 10.0. The molecule has 0 aromatic carbocycles. The Bertz CT molecular complexity index is 1010. The van der Waals surface area contributed by atoms with Gasteiger partial charge in [0.15, 0.2) is 6.10 Å². The Labute approximate surface area is 341 Å². The van der Waals surface area contributed by atoms with Gasteiger partial charge in [-0.2, -0.15) is 0 Å². The average molecular weight is 818 g/mol. The molecule has 0 aliphatic rings. The van der Waals surface area contributed by atoms with Gasteiger partial charge >= 0.3 is 25.7 Å². The minimum absolute atomic E-state index is 0.145. The molecule has 11 nitrogen and oxygen atoms in total. The number of allylic oxidation sites excluding steroid dienone is 2. The number of aliphatic carboxylic acids is 1. The van der Waals surface area contributed by atoms with Gasteiger partial charge in [0.05, 0.1) is 13.2 Å². The van der Waals surface area contributed by atoms with Crippen molar-refractivity contribution in [2.75, 3.05) is 19.8 Å². The van der Waals surface area contributed by atoms with E-state index in [4.69, 9.17) is 24.8 Å². The molecule has 0 saturated carbocycles. The van der Waals surface area contributed by atoms with Crippen LogP contribution in [-0.4, -0.2) is 59.9 Å². The van der Waals surface area contributed by atoms with E-state index in [-0.39, 0.29) is 19.4 Å². The van der Waals surface area contributed by atoms with Crippen molar-refractivity contribution in [1.29, 1.82) is 0 Å². The number of phosphoric acid groups is 1. The van der Waals surface area contributed by atoms with E-state index >= 15 is 0 Å².